The molecule has 0 saturated heterocycles. The normalized spacial score (nSPS) is 11.7. The lowest BCUT2D eigenvalue weighted by molar-refractivity contribution is 0.0998. The van der Waals surface area contributed by atoms with Crippen LogP contribution in [0.2, 0.25) is 0 Å². The van der Waals surface area contributed by atoms with Crippen molar-refractivity contribution in [3.63, 3.8) is 0 Å². The molecule has 6 heteroatoms. The molecular weight excluding hydrogens is 412 g/mol. The van der Waals surface area contributed by atoms with Crippen molar-refractivity contribution in [2.75, 3.05) is 12.0 Å². The van der Waals surface area contributed by atoms with Crippen molar-refractivity contribution in [2.24, 2.45) is 4.99 Å². The average Bonchev–Trinajstić information content (AvgIpc) is 3.09. The second kappa shape index (κ2) is 9.32. The fourth-order valence-corrected chi connectivity index (χ4v) is 4.62. The van der Waals surface area contributed by atoms with Crippen molar-refractivity contribution >= 4 is 39.2 Å². The third-order valence-electron chi connectivity index (χ3n) is 4.63. The summed E-state index contributed by atoms with van der Waals surface area (Å²) in [5.74, 6) is 2.16. The summed E-state index contributed by atoms with van der Waals surface area (Å²) in [6.07, 6.45) is 2.08. The summed E-state index contributed by atoms with van der Waals surface area (Å²) in [5, 5.41) is 0. The van der Waals surface area contributed by atoms with E-state index < -0.39 is 0 Å². The summed E-state index contributed by atoms with van der Waals surface area (Å²) in [4.78, 5) is 18.0. The predicted molar refractivity (Wildman–Crippen MR) is 126 cm³/mol. The zero-order valence-corrected chi connectivity index (χ0v) is 18.5. The Balaban J connectivity index is 1.62. The van der Waals surface area contributed by atoms with Gasteiger partial charge in [-0.15, -0.1) is 0 Å². The van der Waals surface area contributed by atoms with Gasteiger partial charge in [-0.2, -0.15) is 16.8 Å². The van der Waals surface area contributed by atoms with E-state index in [4.69, 9.17) is 4.74 Å². The van der Waals surface area contributed by atoms with E-state index in [0.717, 1.165) is 33.1 Å². The zero-order valence-electron chi connectivity index (χ0n) is 16.9. The lowest BCUT2D eigenvalue weighted by Gasteiger charge is -2.06. The summed E-state index contributed by atoms with van der Waals surface area (Å²) in [5.41, 5.74) is 2.87. The number of hydrogen-bond donors (Lipinski definition) is 0. The second-order valence-electron chi connectivity index (χ2n) is 6.86. The van der Waals surface area contributed by atoms with Crippen molar-refractivity contribution in [3.05, 3.63) is 88.7 Å². The molecule has 0 radical (unpaired) electrons. The Morgan fingerprint density at radius 2 is 1.77 bits per heavy atom. The van der Waals surface area contributed by atoms with E-state index in [9.17, 15) is 4.79 Å². The van der Waals surface area contributed by atoms with Gasteiger partial charge in [0.15, 0.2) is 4.80 Å². The van der Waals surface area contributed by atoms with Crippen LogP contribution in [0.25, 0.3) is 10.2 Å². The molecule has 30 heavy (non-hydrogen) atoms. The Bertz CT molecular complexity index is 1230. The number of amides is 1. The molecule has 4 rings (SSSR count). The average molecular weight is 435 g/mol. The van der Waals surface area contributed by atoms with E-state index >= 15 is 0 Å². The van der Waals surface area contributed by atoms with E-state index in [1.165, 1.54) is 5.56 Å². The number of thioether (sulfide) groups is 1. The van der Waals surface area contributed by atoms with Gasteiger partial charge in [-0.3, -0.25) is 4.79 Å². The number of carbonyl (C=O) groups is 1. The molecule has 3 aromatic carbocycles. The van der Waals surface area contributed by atoms with Crippen molar-refractivity contribution in [1.82, 2.24) is 4.57 Å². The molecule has 0 aliphatic carbocycles. The SMILES string of the molecule is CSCCn1c(=NC(=O)c2ccc(Oc3ccccc3)cc2)sc2cc(C)ccc21. The minimum Gasteiger partial charge on any atom is -0.457 e. The zero-order chi connectivity index (χ0) is 20.9. The molecule has 0 spiro atoms. The maximum atomic E-state index is 12.8. The maximum absolute atomic E-state index is 12.8. The van der Waals surface area contributed by atoms with Crippen LogP contribution in [-0.4, -0.2) is 22.5 Å². The fourth-order valence-electron chi connectivity index (χ4n) is 3.11. The summed E-state index contributed by atoms with van der Waals surface area (Å²) >= 11 is 3.34. The maximum Gasteiger partial charge on any atom is 0.279 e. The first-order valence-corrected chi connectivity index (χ1v) is 11.9. The highest BCUT2D eigenvalue weighted by molar-refractivity contribution is 7.98. The molecule has 0 atom stereocenters. The van der Waals surface area contributed by atoms with Crippen molar-refractivity contribution in [2.45, 2.75) is 13.5 Å². The number of fused-ring (bicyclic) bond motifs is 1. The van der Waals surface area contributed by atoms with Crippen LogP contribution in [0, 0.1) is 6.92 Å². The molecule has 0 fully saturated rings. The third-order valence-corrected chi connectivity index (χ3v) is 6.27. The van der Waals surface area contributed by atoms with Gasteiger partial charge >= 0.3 is 0 Å². The second-order valence-corrected chi connectivity index (χ2v) is 8.85. The summed E-state index contributed by atoms with van der Waals surface area (Å²) in [6, 6.07) is 23.0. The quantitative estimate of drug-likeness (QED) is 0.379. The van der Waals surface area contributed by atoms with Crippen LogP contribution in [0.1, 0.15) is 15.9 Å². The molecule has 1 aromatic heterocycles. The Labute approximate surface area is 183 Å². The van der Waals surface area contributed by atoms with Gasteiger partial charge < -0.3 is 9.30 Å². The van der Waals surface area contributed by atoms with Gasteiger partial charge in [0.1, 0.15) is 11.5 Å². The Hall–Kier alpha value is -2.83. The van der Waals surface area contributed by atoms with Crippen LogP contribution in [0.15, 0.2) is 77.8 Å². The number of nitrogens with zero attached hydrogens (tertiary/aromatic N) is 2. The van der Waals surface area contributed by atoms with E-state index in [1.54, 1.807) is 47.4 Å². The number of carbonyl (C=O) groups excluding carboxylic acids is 1. The minimum absolute atomic E-state index is 0.248. The fraction of sp³-hybridized carbons (Fsp3) is 0.167. The molecule has 4 nitrogen and oxygen atoms in total. The number of aryl methyl sites for hydroxylation is 2. The Kier molecular flexibility index (Phi) is 6.35. The van der Waals surface area contributed by atoms with Crippen LogP contribution in [-0.2, 0) is 6.54 Å². The summed E-state index contributed by atoms with van der Waals surface area (Å²) in [6.45, 7) is 2.90. The summed E-state index contributed by atoms with van der Waals surface area (Å²) < 4.78 is 9.09. The minimum atomic E-state index is -0.248. The number of para-hydroxylation sites is 1. The van der Waals surface area contributed by atoms with E-state index in [1.807, 2.05) is 30.3 Å². The first-order valence-electron chi connectivity index (χ1n) is 9.65. The molecule has 1 heterocycles. The van der Waals surface area contributed by atoms with Gasteiger partial charge in [0.05, 0.1) is 10.2 Å². The molecule has 0 bridgehead atoms. The molecular formula is C24H22N2O2S2. The monoisotopic (exact) mass is 434 g/mol. The highest BCUT2D eigenvalue weighted by atomic mass is 32.2. The number of aromatic nitrogens is 1. The van der Waals surface area contributed by atoms with Crippen LogP contribution in [0.4, 0.5) is 0 Å². The molecule has 0 aliphatic heterocycles. The van der Waals surface area contributed by atoms with Crippen molar-refractivity contribution in [1.29, 1.82) is 0 Å². The largest absolute Gasteiger partial charge is 0.457 e. The number of ether oxygens (including phenoxy) is 1. The van der Waals surface area contributed by atoms with Gasteiger partial charge in [-0.25, -0.2) is 0 Å². The van der Waals surface area contributed by atoms with Crippen LogP contribution >= 0.6 is 23.1 Å². The molecule has 0 saturated carbocycles. The van der Waals surface area contributed by atoms with Gasteiger partial charge in [-0.1, -0.05) is 35.6 Å². The number of benzene rings is 3. The number of hydrogen-bond acceptors (Lipinski definition) is 4. The number of rotatable bonds is 6. The number of thiazole rings is 1. The van der Waals surface area contributed by atoms with E-state index in [-0.39, 0.29) is 5.91 Å². The standard InChI is InChI=1S/C24H22N2O2S2/c1-17-8-13-21-22(16-17)30-24(26(21)14-15-29-2)25-23(27)18-9-11-20(12-10-18)28-19-6-4-3-5-7-19/h3-13,16H,14-15H2,1-2H3. The van der Waals surface area contributed by atoms with Crippen LogP contribution < -0.4 is 9.54 Å². The summed E-state index contributed by atoms with van der Waals surface area (Å²) in [7, 11) is 0. The molecule has 152 valence electrons. The van der Waals surface area contributed by atoms with E-state index in [2.05, 4.69) is 40.9 Å². The lowest BCUT2D eigenvalue weighted by atomic mass is 10.2. The highest BCUT2D eigenvalue weighted by Gasteiger charge is 2.10. The van der Waals surface area contributed by atoms with Crippen LogP contribution in [0.5, 0.6) is 11.5 Å². The topological polar surface area (TPSA) is 43.6 Å². The van der Waals surface area contributed by atoms with Gasteiger partial charge in [0, 0.05) is 17.9 Å². The Morgan fingerprint density at radius 3 is 2.50 bits per heavy atom. The van der Waals surface area contributed by atoms with Gasteiger partial charge in [0.25, 0.3) is 5.91 Å². The molecule has 0 N–H and O–H groups in total. The third kappa shape index (κ3) is 4.66. The van der Waals surface area contributed by atoms with Crippen LogP contribution in [0.3, 0.4) is 0 Å². The first kappa shape index (κ1) is 20.4. The van der Waals surface area contributed by atoms with Crippen molar-refractivity contribution in [3.8, 4) is 11.5 Å². The van der Waals surface area contributed by atoms with Gasteiger partial charge in [-0.05, 0) is 67.3 Å². The lowest BCUT2D eigenvalue weighted by Crippen LogP contribution is -2.18. The molecule has 0 unspecified atom stereocenters. The molecule has 4 aromatic rings. The Morgan fingerprint density at radius 1 is 1.03 bits per heavy atom. The molecule has 1 amide bonds. The van der Waals surface area contributed by atoms with Gasteiger partial charge in [0.2, 0.25) is 0 Å². The molecule has 0 aliphatic rings. The first-order chi connectivity index (χ1) is 14.6. The van der Waals surface area contributed by atoms with E-state index in [0.29, 0.717) is 11.3 Å². The highest BCUT2D eigenvalue weighted by Crippen LogP contribution is 2.22. The van der Waals surface area contributed by atoms with Crippen molar-refractivity contribution < 1.29 is 9.53 Å². The smallest absolute Gasteiger partial charge is 0.279 e. The predicted octanol–water partition coefficient (Wildman–Crippen LogP) is 5.91.